The zero-order valence-electron chi connectivity index (χ0n) is 19.4. The number of nitrogens with two attached hydrogens (primary N) is 1. The van der Waals surface area contributed by atoms with Crippen molar-refractivity contribution in [1.29, 1.82) is 0 Å². The molecule has 1 aromatic carbocycles. The fraction of sp³-hybridized carbons (Fsp3) is 0.385. The van der Waals surface area contributed by atoms with Crippen molar-refractivity contribution in [2.24, 2.45) is 0 Å². The monoisotopic (exact) mass is 457 g/mol. The zero-order valence-corrected chi connectivity index (χ0v) is 19.4. The quantitative estimate of drug-likeness (QED) is 0.364. The molecule has 3 aromatic heterocycles. The minimum Gasteiger partial charge on any atom is -0.496 e. The van der Waals surface area contributed by atoms with Gasteiger partial charge in [0, 0.05) is 29.9 Å². The summed E-state index contributed by atoms with van der Waals surface area (Å²) in [7, 11) is 1.73. The van der Waals surface area contributed by atoms with Crippen LogP contribution < -0.4 is 15.8 Å². The van der Waals surface area contributed by atoms with Crippen molar-refractivity contribution >= 4 is 17.0 Å². The molecule has 1 aliphatic rings. The van der Waals surface area contributed by atoms with Crippen LogP contribution in [0.4, 0.5) is 5.82 Å². The maximum atomic E-state index is 6.11. The Kier molecular flexibility index (Phi) is 6.67. The van der Waals surface area contributed by atoms with E-state index in [4.69, 9.17) is 10.5 Å². The standard InChI is InChI=1S/C26H31N7O/c1-34-23-12-13-28-16-22(23)18-7-9-19(10-8-18)29-14-11-20(17-5-3-2-4-6-17)21-15-24(27)30-26-25(21)31-33-32-26/h2-6,12-13,15-16,18-20,29H,7-11,14H2,1H3,(H3,27,30,31,32,33). The molecule has 8 nitrogen and oxygen atoms in total. The molecule has 3 heterocycles. The minimum absolute atomic E-state index is 0.155. The normalized spacial score (nSPS) is 19.2. The first-order chi connectivity index (χ1) is 16.7. The summed E-state index contributed by atoms with van der Waals surface area (Å²) < 4.78 is 5.55. The number of benzene rings is 1. The third-order valence-electron chi connectivity index (χ3n) is 6.98. The summed E-state index contributed by atoms with van der Waals surface area (Å²) in [5, 5.41) is 15.0. The fourth-order valence-electron chi connectivity index (χ4n) is 5.26. The van der Waals surface area contributed by atoms with E-state index in [2.05, 4.69) is 55.0 Å². The van der Waals surface area contributed by atoms with Crippen molar-refractivity contribution < 1.29 is 4.74 Å². The molecule has 8 heteroatoms. The third kappa shape index (κ3) is 4.72. The van der Waals surface area contributed by atoms with Crippen LogP contribution in [0, 0.1) is 0 Å². The number of pyridine rings is 2. The lowest BCUT2D eigenvalue weighted by Crippen LogP contribution is -2.34. The van der Waals surface area contributed by atoms with Crippen molar-refractivity contribution in [1.82, 2.24) is 30.7 Å². The molecule has 0 saturated heterocycles. The van der Waals surface area contributed by atoms with Gasteiger partial charge in [-0.3, -0.25) is 4.98 Å². The van der Waals surface area contributed by atoms with E-state index in [9.17, 15) is 0 Å². The number of nitrogen functional groups attached to an aromatic ring is 1. The molecule has 34 heavy (non-hydrogen) atoms. The number of rotatable bonds is 8. The molecule has 0 aliphatic heterocycles. The molecule has 5 rings (SSSR count). The van der Waals surface area contributed by atoms with Crippen LogP contribution in [0.5, 0.6) is 5.75 Å². The van der Waals surface area contributed by atoms with E-state index in [0.29, 0.717) is 23.4 Å². The highest BCUT2D eigenvalue weighted by molar-refractivity contribution is 5.77. The van der Waals surface area contributed by atoms with Crippen LogP contribution in [0.3, 0.4) is 0 Å². The van der Waals surface area contributed by atoms with E-state index in [1.165, 1.54) is 11.1 Å². The van der Waals surface area contributed by atoms with Gasteiger partial charge in [-0.1, -0.05) is 30.3 Å². The van der Waals surface area contributed by atoms with E-state index < -0.39 is 0 Å². The van der Waals surface area contributed by atoms with Crippen molar-refractivity contribution in [2.75, 3.05) is 19.4 Å². The SMILES string of the molecule is COc1ccncc1C1CCC(NCCC(c2ccccc2)c2cc(N)nc3n[nH]nc23)CC1. The summed E-state index contributed by atoms with van der Waals surface area (Å²) >= 11 is 0. The van der Waals surface area contributed by atoms with Gasteiger partial charge in [0.05, 0.1) is 7.11 Å². The Bertz CT molecular complexity index is 1220. The maximum Gasteiger partial charge on any atom is 0.203 e. The maximum absolute atomic E-state index is 6.11. The van der Waals surface area contributed by atoms with Gasteiger partial charge < -0.3 is 15.8 Å². The van der Waals surface area contributed by atoms with Crippen LogP contribution in [0.1, 0.15) is 60.6 Å². The molecule has 4 aromatic rings. The lowest BCUT2D eigenvalue weighted by Gasteiger charge is -2.30. The number of hydrogen-bond donors (Lipinski definition) is 3. The predicted molar refractivity (Wildman–Crippen MR) is 133 cm³/mol. The first-order valence-corrected chi connectivity index (χ1v) is 12.0. The number of nitrogens with zero attached hydrogens (tertiary/aromatic N) is 4. The molecule has 1 aliphatic carbocycles. The molecule has 0 amide bonds. The lowest BCUT2D eigenvalue weighted by molar-refractivity contribution is 0.331. The van der Waals surface area contributed by atoms with Crippen LogP contribution in [0.15, 0.2) is 54.9 Å². The van der Waals surface area contributed by atoms with Crippen LogP contribution >= 0.6 is 0 Å². The Balaban J connectivity index is 1.25. The van der Waals surface area contributed by atoms with Gasteiger partial charge in [0.25, 0.3) is 0 Å². The first-order valence-electron chi connectivity index (χ1n) is 12.0. The van der Waals surface area contributed by atoms with Gasteiger partial charge in [-0.25, -0.2) is 4.98 Å². The fourth-order valence-corrected chi connectivity index (χ4v) is 5.26. The number of nitrogens with one attached hydrogen (secondary N) is 2. The molecule has 4 N–H and O–H groups in total. The van der Waals surface area contributed by atoms with Gasteiger partial charge in [-0.15, -0.1) is 5.10 Å². The molecule has 1 atom stereocenters. The van der Waals surface area contributed by atoms with Crippen molar-refractivity contribution in [3.63, 3.8) is 0 Å². The Morgan fingerprint density at radius 3 is 2.74 bits per heavy atom. The summed E-state index contributed by atoms with van der Waals surface area (Å²) in [5.74, 6) is 2.09. The summed E-state index contributed by atoms with van der Waals surface area (Å²) in [6, 6.07) is 14.9. The molecule has 1 saturated carbocycles. The van der Waals surface area contributed by atoms with Crippen molar-refractivity contribution in [3.05, 3.63) is 71.5 Å². The number of aromatic amines is 1. The molecule has 1 fully saturated rings. The molecule has 0 radical (unpaired) electrons. The average molecular weight is 458 g/mol. The van der Waals surface area contributed by atoms with Crippen LogP contribution in [-0.2, 0) is 0 Å². The molecule has 1 unspecified atom stereocenters. The minimum atomic E-state index is 0.155. The average Bonchev–Trinajstić information content (AvgIpc) is 3.36. The summed E-state index contributed by atoms with van der Waals surface area (Å²) in [6.45, 7) is 0.909. The van der Waals surface area contributed by atoms with Gasteiger partial charge in [0.2, 0.25) is 5.65 Å². The largest absolute Gasteiger partial charge is 0.496 e. The van der Waals surface area contributed by atoms with Crippen LogP contribution in [0.2, 0.25) is 0 Å². The summed E-state index contributed by atoms with van der Waals surface area (Å²) in [4.78, 5) is 8.63. The number of anilines is 1. The third-order valence-corrected chi connectivity index (χ3v) is 6.98. The number of hydrogen-bond acceptors (Lipinski definition) is 7. The van der Waals surface area contributed by atoms with Gasteiger partial charge in [-0.2, -0.15) is 10.3 Å². The second kappa shape index (κ2) is 10.2. The summed E-state index contributed by atoms with van der Waals surface area (Å²) in [6.07, 6.45) is 9.27. The number of aromatic nitrogens is 5. The highest BCUT2D eigenvalue weighted by Crippen LogP contribution is 2.37. The molecular formula is C26H31N7O. The molecular weight excluding hydrogens is 426 g/mol. The lowest BCUT2D eigenvalue weighted by atomic mass is 9.81. The van der Waals surface area contributed by atoms with E-state index in [0.717, 1.165) is 55.5 Å². The predicted octanol–water partition coefficient (Wildman–Crippen LogP) is 4.18. The van der Waals surface area contributed by atoms with E-state index in [1.54, 1.807) is 13.3 Å². The van der Waals surface area contributed by atoms with Crippen LogP contribution in [-0.4, -0.2) is 45.1 Å². The smallest absolute Gasteiger partial charge is 0.203 e. The molecule has 0 spiro atoms. The van der Waals surface area contributed by atoms with Gasteiger partial charge >= 0.3 is 0 Å². The van der Waals surface area contributed by atoms with Crippen molar-refractivity contribution in [3.8, 4) is 5.75 Å². The number of ether oxygens (including phenoxy) is 1. The van der Waals surface area contributed by atoms with Crippen molar-refractivity contribution in [2.45, 2.75) is 50.0 Å². The Morgan fingerprint density at radius 1 is 1.12 bits per heavy atom. The van der Waals surface area contributed by atoms with E-state index >= 15 is 0 Å². The second-order valence-electron chi connectivity index (χ2n) is 9.00. The number of fused-ring (bicyclic) bond motifs is 1. The first kappa shape index (κ1) is 22.3. The Hall–Kier alpha value is -3.52. The Morgan fingerprint density at radius 2 is 1.94 bits per heavy atom. The van der Waals surface area contributed by atoms with E-state index in [1.807, 2.05) is 24.4 Å². The number of methoxy groups -OCH3 is 1. The molecule has 176 valence electrons. The highest BCUT2D eigenvalue weighted by Gasteiger charge is 2.25. The Labute approximate surface area is 199 Å². The molecule has 0 bridgehead atoms. The number of H-pyrrole nitrogens is 1. The van der Waals surface area contributed by atoms with Crippen LogP contribution in [0.25, 0.3) is 11.2 Å². The van der Waals surface area contributed by atoms with Gasteiger partial charge in [0.1, 0.15) is 17.1 Å². The zero-order chi connectivity index (χ0) is 23.3. The topological polar surface area (TPSA) is 115 Å². The highest BCUT2D eigenvalue weighted by atomic mass is 16.5. The van der Waals surface area contributed by atoms with Gasteiger partial charge in [-0.05, 0) is 67.8 Å². The summed E-state index contributed by atoms with van der Waals surface area (Å²) in [5.41, 5.74) is 11.0. The van der Waals surface area contributed by atoms with E-state index in [-0.39, 0.29) is 5.92 Å². The second-order valence-corrected chi connectivity index (χ2v) is 9.00. The van der Waals surface area contributed by atoms with Gasteiger partial charge in [0.15, 0.2) is 0 Å².